The first-order chi connectivity index (χ1) is 9.50. The second kappa shape index (κ2) is 4.35. The van der Waals surface area contributed by atoms with Gasteiger partial charge < -0.3 is 14.8 Å². The number of hydrogen-bond acceptors (Lipinski definition) is 2. The molecule has 4 heteroatoms. The molecule has 2 aromatic carbocycles. The Bertz CT molecular complexity index is 748. The van der Waals surface area contributed by atoms with E-state index in [2.05, 4.69) is 0 Å². The van der Waals surface area contributed by atoms with Crippen molar-refractivity contribution in [1.82, 2.24) is 4.57 Å². The minimum Gasteiger partial charge on any atom is -0.479 e. The topological polar surface area (TPSA) is 62.5 Å². The zero-order chi connectivity index (χ0) is 14.3. The lowest BCUT2D eigenvalue weighted by molar-refractivity contribution is -0.157. The first kappa shape index (κ1) is 12.7. The van der Waals surface area contributed by atoms with Crippen molar-refractivity contribution in [1.29, 1.82) is 0 Å². The first-order valence-electron chi connectivity index (χ1n) is 6.42. The zero-order valence-corrected chi connectivity index (χ0v) is 11.1. The van der Waals surface area contributed by atoms with Crippen LogP contribution >= 0.6 is 0 Å². The molecule has 0 aliphatic heterocycles. The molecule has 0 bridgehead atoms. The highest BCUT2D eigenvalue weighted by Gasteiger charge is 2.31. The highest BCUT2D eigenvalue weighted by molar-refractivity contribution is 6.08. The van der Waals surface area contributed by atoms with Gasteiger partial charge in [0, 0.05) is 21.8 Å². The van der Waals surface area contributed by atoms with Gasteiger partial charge in [-0.15, -0.1) is 0 Å². The Morgan fingerprint density at radius 2 is 1.50 bits per heavy atom. The summed E-state index contributed by atoms with van der Waals surface area (Å²) in [5.41, 5.74) is 0.0512. The van der Waals surface area contributed by atoms with E-state index in [1.54, 1.807) is 0 Å². The van der Waals surface area contributed by atoms with Gasteiger partial charge in [0.1, 0.15) is 0 Å². The van der Waals surface area contributed by atoms with Crippen LogP contribution < -0.4 is 0 Å². The van der Waals surface area contributed by atoms with Gasteiger partial charge in [0.05, 0.1) is 6.54 Å². The minimum absolute atomic E-state index is 0.0103. The number of carboxylic acid groups (broad SMARTS) is 1. The summed E-state index contributed by atoms with van der Waals surface area (Å²) in [5, 5.41) is 21.3. The molecule has 1 unspecified atom stereocenters. The maximum Gasteiger partial charge on any atom is 0.337 e. The maximum atomic E-state index is 11.2. The molecule has 20 heavy (non-hydrogen) atoms. The third-order valence-electron chi connectivity index (χ3n) is 3.61. The number of para-hydroxylation sites is 2. The molecular formula is C16H15NO3. The second-order valence-corrected chi connectivity index (χ2v) is 5.20. The first-order valence-corrected chi connectivity index (χ1v) is 6.42. The van der Waals surface area contributed by atoms with Crippen LogP contribution in [-0.4, -0.2) is 26.4 Å². The number of aromatic nitrogens is 1. The molecule has 0 aliphatic rings. The summed E-state index contributed by atoms with van der Waals surface area (Å²) in [6.07, 6.45) is 0. The molecule has 1 aromatic heterocycles. The standard InChI is InChI=1S/C16H15NO3/c1-16(20,15(18)19)10-17-13-8-4-2-6-11(13)12-7-3-5-9-14(12)17/h2-9,20H,10H2,1H3,(H,18,19). The van der Waals surface area contributed by atoms with Crippen LogP contribution in [0.15, 0.2) is 48.5 Å². The number of aliphatic carboxylic acids is 1. The molecule has 4 nitrogen and oxygen atoms in total. The fourth-order valence-electron chi connectivity index (χ4n) is 2.55. The number of rotatable bonds is 3. The molecule has 0 amide bonds. The predicted octanol–water partition coefficient (Wildman–Crippen LogP) is 2.63. The van der Waals surface area contributed by atoms with Crippen LogP contribution in [0.4, 0.5) is 0 Å². The fourth-order valence-corrected chi connectivity index (χ4v) is 2.55. The predicted molar refractivity (Wildman–Crippen MR) is 77.7 cm³/mol. The van der Waals surface area contributed by atoms with Crippen molar-refractivity contribution in [3.63, 3.8) is 0 Å². The quantitative estimate of drug-likeness (QED) is 0.768. The lowest BCUT2D eigenvalue weighted by Crippen LogP contribution is -2.39. The number of hydrogen-bond donors (Lipinski definition) is 2. The summed E-state index contributed by atoms with van der Waals surface area (Å²) in [4.78, 5) is 11.2. The minimum atomic E-state index is -1.80. The summed E-state index contributed by atoms with van der Waals surface area (Å²) >= 11 is 0. The van der Waals surface area contributed by atoms with Crippen LogP contribution in [0.5, 0.6) is 0 Å². The van der Waals surface area contributed by atoms with E-state index < -0.39 is 11.6 Å². The van der Waals surface area contributed by atoms with E-state index in [0.29, 0.717) is 0 Å². The van der Waals surface area contributed by atoms with Gasteiger partial charge in [0.25, 0.3) is 0 Å². The van der Waals surface area contributed by atoms with E-state index in [1.807, 2.05) is 53.1 Å². The Morgan fingerprint density at radius 1 is 1.05 bits per heavy atom. The lowest BCUT2D eigenvalue weighted by atomic mass is 10.1. The van der Waals surface area contributed by atoms with Crippen LogP contribution in [0.3, 0.4) is 0 Å². The van der Waals surface area contributed by atoms with Crippen molar-refractivity contribution < 1.29 is 15.0 Å². The van der Waals surface area contributed by atoms with Gasteiger partial charge >= 0.3 is 5.97 Å². The highest BCUT2D eigenvalue weighted by Crippen LogP contribution is 2.29. The third kappa shape index (κ3) is 1.85. The summed E-state index contributed by atoms with van der Waals surface area (Å²) in [6, 6.07) is 15.6. The van der Waals surface area contributed by atoms with Crippen LogP contribution in [-0.2, 0) is 11.3 Å². The molecule has 0 saturated heterocycles. The number of carbonyl (C=O) groups is 1. The Labute approximate surface area is 115 Å². The number of aliphatic hydroxyl groups is 1. The molecule has 3 rings (SSSR count). The second-order valence-electron chi connectivity index (χ2n) is 5.20. The van der Waals surface area contributed by atoms with Crippen molar-refractivity contribution in [3.05, 3.63) is 48.5 Å². The van der Waals surface area contributed by atoms with Gasteiger partial charge in [-0.1, -0.05) is 36.4 Å². The number of nitrogens with zero attached hydrogens (tertiary/aromatic N) is 1. The van der Waals surface area contributed by atoms with E-state index in [4.69, 9.17) is 5.11 Å². The fraction of sp³-hybridized carbons (Fsp3) is 0.188. The Morgan fingerprint density at radius 3 is 1.95 bits per heavy atom. The summed E-state index contributed by atoms with van der Waals surface area (Å²) < 4.78 is 1.86. The molecule has 0 spiro atoms. The average Bonchev–Trinajstić information content (AvgIpc) is 2.74. The molecule has 102 valence electrons. The van der Waals surface area contributed by atoms with Gasteiger partial charge in [0.2, 0.25) is 0 Å². The number of benzene rings is 2. The van der Waals surface area contributed by atoms with Crippen molar-refractivity contribution in [3.8, 4) is 0 Å². The smallest absolute Gasteiger partial charge is 0.337 e. The van der Waals surface area contributed by atoms with Crippen LogP contribution in [0.1, 0.15) is 6.92 Å². The van der Waals surface area contributed by atoms with Crippen LogP contribution in [0.2, 0.25) is 0 Å². The summed E-state index contributed by atoms with van der Waals surface area (Å²) in [6.45, 7) is 1.33. The van der Waals surface area contributed by atoms with Crippen LogP contribution in [0.25, 0.3) is 21.8 Å². The molecule has 3 aromatic rings. The van der Waals surface area contributed by atoms with E-state index in [1.165, 1.54) is 6.92 Å². The SMILES string of the molecule is CC(O)(Cn1c2ccccc2c2ccccc21)C(=O)O. The number of carboxylic acids is 1. The van der Waals surface area contributed by atoms with Crippen molar-refractivity contribution in [2.45, 2.75) is 19.1 Å². The Hall–Kier alpha value is -2.33. The van der Waals surface area contributed by atoms with Crippen molar-refractivity contribution >= 4 is 27.8 Å². The summed E-state index contributed by atoms with van der Waals surface area (Å²) in [5.74, 6) is -1.22. The van der Waals surface area contributed by atoms with E-state index >= 15 is 0 Å². The maximum absolute atomic E-state index is 11.2. The Balaban J connectivity index is 2.30. The molecule has 1 atom stereocenters. The normalized spacial score (nSPS) is 14.5. The molecule has 2 N–H and O–H groups in total. The van der Waals surface area contributed by atoms with Crippen molar-refractivity contribution in [2.75, 3.05) is 0 Å². The van der Waals surface area contributed by atoms with E-state index in [-0.39, 0.29) is 6.54 Å². The monoisotopic (exact) mass is 269 g/mol. The van der Waals surface area contributed by atoms with Crippen molar-refractivity contribution in [2.24, 2.45) is 0 Å². The van der Waals surface area contributed by atoms with Gasteiger partial charge in [-0.2, -0.15) is 0 Å². The molecule has 0 fully saturated rings. The van der Waals surface area contributed by atoms with Gasteiger partial charge in [-0.3, -0.25) is 0 Å². The molecule has 1 heterocycles. The zero-order valence-electron chi connectivity index (χ0n) is 11.1. The number of fused-ring (bicyclic) bond motifs is 3. The highest BCUT2D eigenvalue weighted by atomic mass is 16.4. The van der Waals surface area contributed by atoms with Gasteiger partial charge in [-0.25, -0.2) is 4.79 Å². The molecule has 0 radical (unpaired) electrons. The largest absolute Gasteiger partial charge is 0.479 e. The molecule has 0 aliphatic carbocycles. The molecule has 0 saturated carbocycles. The van der Waals surface area contributed by atoms with E-state index in [9.17, 15) is 9.90 Å². The van der Waals surface area contributed by atoms with E-state index in [0.717, 1.165) is 21.8 Å². The Kier molecular flexibility index (Phi) is 2.76. The average molecular weight is 269 g/mol. The molecular weight excluding hydrogens is 254 g/mol. The third-order valence-corrected chi connectivity index (χ3v) is 3.61. The summed E-state index contributed by atoms with van der Waals surface area (Å²) in [7, 11) is 0. The van der Waals surface area contributed by atoms with Gasteiger partial charge in [0.15, 0.2) is 5.60 Å². The van der Waals surface area contributed by atoms with Crippen LogP contribution in [0, 0.1) is 0 Å². The van der Waals surface area contributed by atoms with Gasteiger partial charge in [-0.05, 0) is 19.1 Å². The lowest BCUT2D eigenvalue weighted by Gasteiger charge is -2.20.